The fraction of sp³-hybridized carbons (Fsp3) is 0.250. The first-order chi connectivity index (χ1) is 10.6. The van der Waals surface area contributed by atoms with E-state index in [0.29, 0.717) is 5.76 Å². The molecule has 0 aliphatic carbocycles. The van der Waals surface area contributed by atoms with Crippen LogP contribution in [0.25, 0.3) is 0 Å². The molecule has 2 heterocycles. The zero-order valence-corrected chi connectivity index (χ0v) is 11.5. The molecular weight excluding hydrogens is 286 g/mol. The molecule has 3 rings (SSSR count). The van der Waals surface area contributed by atoms with Gasteiger partial charge < -0.3 is 14.6 Å². The maximum atomic E-state index is 11.8. The second-order valence-corrected chi connectivity index (χ2v) is 5.28. The van der Waals surface area contributed by atoms with E-state index in [0.717, 1.165) is 5.56 Å². The van der Waals surface area contributed by atoms with E-state index in [-0.39, 0.29) is 0 Å². The van der Waals surface area contributed by atoms with Gasteiger partial charge in [0.15, 0.2) is 0 Å². The molecule has 0 spiro atoms. The van der Waals surface area contributed by atoms with Crippen molar-refractivity contribution in [3.8, 4) is 0 Å². The summed E-state index contributed by atoms with van der Waals surface area (Å²) in [7, 11) is 0. The van der Waals surface area contributed by atoms with Gasteiger partial charge in [-0.3, -0.25) is 14.9 Å². The predicted molar refractivity (Wildman–Crippen MR) is 76.3 cm³/mol. The molecule has 1 aromatic heterocycles. The summed E-state index contributed by atoms with van der Waals surface area (Å²) >= 11 is 0. The Morgan fingerprint density at radius 2 is 1.73 bits per heavy atom. The SMILES string of the molecule is O=C(O)[C@@H]1[C@@H](c2ccco2)[C@@H](C(=O)O)N[C@H]1c1ccccc1. The second kappa shape index (κ2) is 5.65. The van der Waals surface area contributed by atoms with Gasteiger partial charge in [0.1, 0.15) is 11.8 Å². The summed E-state index contributed by atoms with van der Waals surface area (Å²) < 4.78 is 5.30. The van der Waals surface area contributed by atoms with Crippen molar-refractivity contribution in [2.24, 2.45) is 5.92 Å². The Hall–Kier alpha value is -2.60. The lowest BCUT2D eigenvalue weighted by atomic mass is 9.83. The number of carbonyl (C=O) groups is 2. The van der Waals surface area contributed by atoms with Gasteiger partial charge in [-0.15, -0.1) is 0 Å². The van der Waals surface area contributed by atoms with Gasteiger partial charge in [-0.2, -0.15) is 0 Å². The number of carboxylic acids is 2. The van der Waals surface area contributed by atoms with Crippen LogP contribution in [0.3, 0.4) is 0 Å². The first-order valence-corrected chi connectivity index (χ1v) is 6.89. The van der Waals surface area contributed by atoms with Crippen LogP contribution in [0.2, 0.25) is 0 Å². The number of rotatable bonds is 4. The van der Waals surface area contributed by atoms with Crippen LogP contribution in [0, 0.1) is 5.92 Å². The summed E-state index contributed by atoms with van der Waals surface area (Å²) in [5.41, 5.74) is 0.746. The maximum absolute atomic E-state index is 11.8. The van der Waals surface area contributed by atoms with Crippen LogP contribution in [0.15, 0.2) is 53.1 Å². The molecule has 3 N–H and O–H groups in total. The lowest BCUT2D eigenvalue weighted by Crippen LogP contribution is -2.35. The van der Waals surface area contributed by atoms with E-state index < -0.39 is 35.9 Å². The van der Waals surface area contributed by atoms with Crippen molar-refractivity contribution in [2.45, 2.75) is 18.0 Å². The van der Waals surface area contributed by atoms with Crippen molar-refractivity contribution in [1.29, 1.82) is 0 Å². The summed E-state index contributed by atoms with van der Waals surface area (Å²) in [6.07, 6.45) is 1.42. The molecule has 0 radical (unpaired) electrons. The first kappa shape index (κ1) is 14.3. The normalized spacial score (nSPS) is 27.6. The second-order valence-electron chi connectivity index (χ2n) is 5.28. The van der Waals surface area contributed by atoms with Crippen LogP contribution < -0.4 is 5.32 Å². The number of aliphatic carboxylic acids is 2. The average molecular weight is 301 g/mol. The minimum absolute atomic E-state index is 0.366. The number of benzene rings is 1. The highest BCUT2D eigenvalue weighted by atomic mass is 16.4. The quantitative estimate of drug-likeness (QED) is 0.797. The molecule has 0 bridgehead atoms. The number of carboxylic acid groups (broad SMARTS) is 2. The number of nitrogens with one attached hydrogen (secondary N) is 1. The van der Waals surface area contributed by atoms with Crippen molar-refractivity contribution in [3.63, 3.8) is 0 Å². The summed E-state index contributed by atoms with van der Waals surface area (Å²) in [5.74, 6) is -3.46. The Labute approximate surface area is 126 Å². The Balaban J connectivity index is 2.06. The smallest absolute Gasteiger partial charge is 0.321 e. The van der Waals surface area contributed by atoms with E-state index in [1.165, 1.54) is 6.26 Å². The van der Waals surface area contributed by atoms with Crippen LogP contribution in [0.1, 0.15) is 23.3 Å². The van der Waals surface area contributed by atoms with Gasteiger partial charge in [0.25, 0.3) is 0 Å². The van der Waals surface area contributed by atoms with Gasteiger partial charge in [0, 0.05) is 6.04 Å². The molecule has 1 fully saturated rings. The van der Waals surface area contributed by atoms with Gasteiger partial charge in [0.05, 0.1) is 18.1 Å². The zero-order chi connectivity index (χ0) is 15.7. The molecule has 1 saturated heterocycles. The van der Waals surface area contributed by atoms with Crippen molar-refractivity contribution >= 4 is 11.9 Å². The molecule has 1 aliphatic rings. The largest absolute Gasteiger partial charge is 0.481 e. The van der Waals surface area contributed by atoms with E-state index in [1.54, 1.807) is 36.4 Å². The highest BCUT2D eigenvalue weighted by Gasteiger charge is 2.52. The van der Waals surface area contributed by atoms with Crippen molar-refractivity contribution < 1.29 is 24.2 Å². The molecular formula is C16H15NO5. The molecule has 6 nitrogen and oxygen atoms in total. The minimum atomic E-state index is -1.09. The number of hydrogen-bond acceptors (Lipinski definition) is 4. The third kappa shape index (κ3) is 2.37. The fourth-order valence-electron chi connectivity index (χ4n) is 3.12. The molecule has 22 heavy (non-hydrogen) atoms. The van der Waals surface area contributed by atoms with E-state index >= 15 is 0 Å². The van der Waals surface area contributed by atoms with Crippen molar-refractivity contribution in [3.05, 3.63) is 60.1 Å². The molecule has 0 saturated carbocycles. The number of hydrogen-bond donors (Lipinski definition) is 3. The van der Waals surface area contributed by atoms with E-state index in [4.69, 9.17) is 4.42 Å². The third-order valence-electron chi connectivity index (χ3n) is 4.05. The standard InChI is InChI=1S/C16H15NO5/c18-15(19)12-11(10-7-4-8-22-10)14(16(20)21)17-13(12)9-5-2-1-3-6-9/h1-8,11-14,17H,(H,18,19)(H,20,21)/t11-,12-,13+,14+/m1/s1. The fourth-order valence-corrected chi connectivity index (χ4v) is 3.12. The molecule has 0 unspecified atom stereocenters. The van der Waals surface area contributed by atoms with Crippen LogP contribution in [-0.2, 0) is 9.59 Å². The van der Waals surface area contributed by atoms with Gasteiger partial charge in [0.2, 0.25) is 0 Å². The first-order valence-electron chi connectivity index (χ1n) is 6.89. The van der Waals surface area contributed by atoms with Crippen molar-refractivity contribution in [1.82, 2.24) is 5.32 Å². The topological polar surface area (TPSA) is 99.8 Å². The van der Waals surface area contributed by atoms with E-state index in [1.807, 2.05) is 6.07 Å². The molecule has 6 heteroatoms. The summed E-state index contributed by atoms with van der Waals surface area (Å²) in [6, 6.07) is 10.6. The molecule has 0 amide bonds. The average Bonchev–Trinajstić information content (AvgIpc) is 3.15. The summed E-state index contributed by atoms with van der Waals surface area (Å²) in [6.45, 7) is 0. The monoisotopic (exact) mass is 301 g/mol. The highest BCUT2D eigenvalue weighted by molar-refractivity contribution is 5.81. The van der Waals surface area contributed by atoms with Crippen molar-refractivity contribution in [2.75, 3.05) is 0 Å². The lowest BCUT2D eigenvalue weighted by Gasteiger charge is -2.19. The Bertz CT molecular complexity index is 667. The summed E-state index contributed by atoms with van der Waals surface area (Å²) in [5, 5.41) is 22.0. The van der Waals surface area contributed by atoms with E-state index in [2.05, 4.69) is 5.32 Å². The molecule has 1 aromatic carbocycles. The van der Waals surface area contributed by atoms with E-state index in [9.17, 15) is 19.8 Å². The lowest BCUT2D eigenvalue weighted by molar-refractivity contribution is -0.143. The number of furan rings is 1. The Kier molecular flexibility index (Phi) is 3.68. The van der Waals surface area contributed by atoms with Crippen LogP contribution in [-0.4, -0.2) is 28.2 Å². The van der Waals surface area contributed by atoms with Crippen LogP contribution in [0.5, 0.6) is 0 Å². The molecule has 4 atom stereocenters. The van der Waals surface area contributed by atoms with Gasteiger partial charge in [-0.25, -0.2) is 0 Å². The Morgan fingerprint density at radius 3 is 2.27 bits per heavy atom. The predicted octanol–water partition coefficient (Wildman–Crippen LogP) is 1.86. The minimum Gasteiger partial charge on any atom is -0.481 e. The molecule has 1 aliphatic heterocycles. The Morgan fingerprint density at radius 1 is 1.00 bits per heavy atom. The van der Waals surface area contributed by atoms with Gasteiger partial charge >= 0.3 is 11.9 Å². The third-order valence-corrected chi connectivity index (χ3v) is 4.05. The molecule has 114 valence electrons. The van der Waals surface area contributed by atoms with Gasteiger partial charge in [-0.05, 0) is 17.7 Å². The summed E-state index contributed by atoms with van der Waals surface area (Å²) in [4.78, 5) is 23.3. The highest BCUT2D eigenvalue weighted by Crippen LogP contribution is 2.43. The maximum Gasteiger partial charge on any atom is 0.321 e. The van der Waals surface area contributed by atoms with Crippen LogP contribution in [0.4, 0.5) is 0 Å². The zero-order valence-electron chi connectivity index (χ0n) is 11.5. The molecule has 2 aromatic rings. The van der Waals surface area contributed by atoms with Gasteiger partial charge in [-0.1, -0.05) is 30.3 Å². The van der Waals surface area contributed by atoms with Crippen LogP contribution >= 0.6 is 0 Å².